The highest BCUT2D eigenvalue weighted by molar-refractivity contribution is 7.18. The molecule has 0 amide bonds. The summed E-state index contributed by atoms with van der Waals surface area (Å²) in [7, 11) is 2.17. The molecule has 6 nitrogen and oxygen atoms in total. The van der Waals surface area contributed by atoms with Crippen LogP contribution in [0.5, 0.6) is 5.75 Å². The topological polar surface area (TPSA) is 74.6 Å². The SMILES string of the molecule is Cc1cccc(OCc2nc3sc4c(c3c(=O)n2N)CC[NH+](C)C4)c1C. The van der Waals surface area contributed by atoms with Crippen LogP contribution in [0.25, 0.3) is 10.2 Å². The third-order valence-corrected chi connectivity index (χ3v) is 6.32. The molecule has 7 heteroatoms. The number of likely N-dealkylation sites (N-methyl/N-ethyl adjacent to an activating group) is 1. The van der Waals surface area contributed by atoms with Crippen LogP contribution in [0.1, 0.15) is 27.4 Å². The number of hydrogen-bond donors (Lipinski definition) is 2. The van der Waals surface area contributed by atoms with E-state index in [2.05, 4.69) is 12.0 Å². The minimum Gasteiger partial charge on any atom is -0.485 e. The molecule has 136 valence electrons. The Labute approximate surface area is 155 Å². The van der Waals surface area contributed by atoms with E-state index in [1.54, 1.807) is 11.3 Å². The number of aromatic nitrogens is 2. The molecule has 2 aromatic heterocycles. The zero-order valence-corrected chi connectivity index (χ0v) is 16.1. The first-order valence-corrected chi connectivity index (χ1v) is 9.59. The van der Waals surface area contributed by atoms with Crippen LogP contribution >= 0.6 is 11.3 Å². The van der Waals surface area contributed by atoms with Gasteiger partial charge in [0.05, 0.1) is 23.9 Å². The number of nitrogens with two attached hydrogens (primary N) is 1. The van der Waals surface area contributed by atoms with Crippen molar-refractivity contribution in [2.24, 2.45) is 0 Å². The van der Waals surface area contributed by atoms with Crippen molar-refractivity contribution in [1.29, 1.82) is 0 Å². The number of nitrogens with one attached hydrogen (secondary N) is 1. The standard InChI is InChI=1S/C19H22N4O2S/c1-11-5-4-6-14(12(11)2)25-10-16-21-18-17(19(24)23(16)20)13-7-8-22(3)9-15(13)26-18/h4-6H,7-10,20H2,1-3H3/p+1. The highest BCUT2D eigenvalue weighted by Crippen LogP contribution is 2.29. The monoisotopic (exact) mass is 371 g/mol. The van der Waals surface area contributed by atoms with Crippen LogP contribution in [0, 0.1) is 13.8 Å². The van der Waals surface area contributed by atoms with E-state index in [-0.39, 0.29) is 12.2 Å². The van der Waals surface area contributed by atoms with Gasteiger partial charge in [-0.1, -0.05) is 12.1 Å². The maximum absolute atomic E-state index is 12.8. The number of hydrogen-bond acceptors (Lipinski definition) is 5. The number of rotatable bonds is 3. The van der Waals surface area contributed by atoms with Crippen LogP contribution in [0.15, 0.2) is 23.0 Å². The van der Waals surface area contributed by atoms with E-state index in [1.165, 1.54) is 9.78 Å². The van der Waals surface area contributed by atoms with Crippen molar-refractivity contribution in [3.05, 3.63) is 55.9 Å². The van der Waals surface area contributed by atoms with Gasteiger partial charge in [0.15, 0.2) is 5.82 Å². The molecule has 1 unspecified atom stereocenters. The summed E-state index contributed by atoms with van der Waals surface area (Å²) in [4.78, 5) is 21.0. The lowest BCUT2D eigenvalue weighted by molar-refractivity contribution is -0.895. The van der Waals surface area contributed by atoms with Crippen molar-refractivity contribution in [1.82, 2.24) is 9.66 Å². The summed E-state index contributed by atoms with van der Waals surface area (Å²) in [5, 5.41) is 0.690. The summed E-state index contributed by atoms with van der Waals surface area (Å²) in [5.74, 6) is 7.30. The summed E-state index contributed by atoms with van der Waals surface area (Å²) in [6, 6.07) is 5.92. The minimum atomic E-state index is -0.174. The smallest absolute Gasteiger partial charge is 0.281 e. The van der Waals surface area contributed by atoms with Crippen molar-refractivity contribution in [2.75, 3.05) is 19.4 Å². The van der Waals surface area contributed by atoms with E-state index in [1.807, 2.05) is 32.0 Å². The molecular formula is C19H23N4O2S+. The average molecular weight is 371 g/mol. The minimum absolute atomic E-state index is 0.166. The number of fused-ring (bicyclic) bond motifs is 3. The lowest BCUT2D eigenvalue weighted by Crippen LogP contribution is -3.08. The Kier molecular flexibility index (Phi) is 4.20. The molecule has 3 heterocycles. The number of nitrogen functional groups attached to an aromatic ring is 1. The number of ether oxygens (including phenoxy) is 1. The molecule has 0 saturated carbocycles. The Morgan fingerprint density at radius 3 is 3.00 bits per heavy atom. The summed E-state index contributed by atoms with van der Waals surface area (Å²) >= 11 is 1.61. The van der Waals surface area contributed by atoms with Crippen LogP contribution in [0.3, 0.4) is 0 Å². The molecule has 1 aliphatic heterocycles. The molecule has 1 aromatic carbocycles. The molecule has 1 atom stereocenters. The van der Waals surface area contributed by atoms with Gasteiger partial charge in [0.25, 0.3) is 5.56 Å². The fourth-order valence-electron chi connectivity index (χ4n) is 3.44. The Balaban J connectivity index is 1.71. The van der Waals surface area contributed by atoms with Gasteiger partial charge in [-0.2, -0.15) is 0 Å². The number of thiophene rings is 1. The van der Waals surface area contributed by atoms with E-state index >= 15 is 0 Å². The maximum Gasteiger partial charge on any atom is 0.281 e. The lowest BCUT2D eigenvalue weighted by atomic mass is 10.1. The third kappa shape index (κ3) is 2.77. The van der Waals surface area contributed by atoms with Crippen LogP contribution in [-0.2, 0) is 19.6 Å². The molecule has 0 radical (unpaired) electrons. The van der Waals surface area contributed by atoms with E-state index < -0.39 is 0 Å². The number of nitrogens with zero attached hydrogens (tertiary/aromatic N) is 2. The molecule has 0 saturated heterocycles. The molecule has 4 rings (SSSR count). The third-order valence-electron chi connectivity index (χ3n) is 5.19. The number of quaternary nitrogens is 1. The van der Waals surface area contributed by atoms with Gasteiger partial charge in [0.1, 0.15) is 23.7 Å². The molecule has 3 aromatic rings. The van der Waals surface area contributed by atoms with Crippen LogP contribution in [0.4, 0.5) is 0 Å². The van der Waals surface area contributed by atoms with E-state index in [0.29, 0.717) is 11.2 Å². The van der Waals surface area contributed by atoms with Gasteiger partial charge in [-0.15, -0.1) is 11.3 Å². The fraction of sp³-hybridized carbons (Fsp3) is 0.368. The van der Waals surface area contributed by atoms with Gasteiger partial charge < -0.3 is 15.5 Å². The molecule has 0 bridgehead atoms. The van der Waals surface area contributed by atoms with Crippen LogP contribution in [0.2, 0.25) is 0 Å². The van der Waals surface area contributed by atoms with Crippen LogP contribution in [-0.4, -0.2) is 23.3 Å². The van der Waals surface area contributed by atoms with Gasteiger partial charge in [-0.05, 0) is 36.6 Å². The summed E-state index contributed by atoms with van der Waals surface area (Å²) in [5.41, 5.74) is 3.20. The summed E-state index contributed by atoms with van der Waals surface area (Å²) in [6.07, 6.45) is 0.899. The second-order valence-corrected chi connectivity index (χ2v) is 8.09. The zero-order chi connectivity index (χ0) is 18.4. The van der Waals surface area contributed by atoms with Gasteiger partial charge in [0.2, 0.25) is 0 Å². The van der Waals surface area contributed by atoms with Gasteiger partial charge in [-0.3, -0.25) is 4.79 Å². The highest BCUT2D eigenvalue weighted by atomic mass is 32.1. The van der Waals surface area contributed by atoms with E-state index in [4.69, 9.17) is 10.6 Å². The van der Waals surface area contributed by atoms with Crippen molar-refractivity contribution in [3.63, 3.8) is 0 Å². The second kappa shape index (κ2) is 6.41. The van der Waals surface area contributed by atoms with Gasteiger partial charge in [0, 0.05) is 6.42 Å². The van der Waals surface area contributed by atoms with Gasteiger partial charge >= 0.3 is 0 Å². The Morgan fingerprint density at radius 2 is 2.19 bits per heavy atom. The summed E-state index contributed by atoms with van der Waals surface area (Å²) < 4.78 is 7.05. The molecule has 26 heavy (non-hydrogen) atoms. The van der Waals surface area contributed by atoms with Crippen molar-refractivity contribution in [2.45, 2.75) is 33.4 Å². The molecule has 0 fully saturated rings. The second-order valence-electron chi connectivity index (χ2n) is 7.01. The Morgan fingerprint density at radius 1 is 1.38 bits per heavy atom. The zero-order valence-electron chi connectivity index (χ0n) is 15.3. The molecule has 1 aliphatic rings. The first kappa shape index (κ1) is 17.1. The Bertz CT molecular complexity index is 1050. The lowest BCUT2D eigenvalue weighted by Gasteiger charge is -2.19. The normalized spacial score (nSPS) is 16.7. The largest absolute Gasteiger partial charge is 0.485 e. The Hall–Kier alpha value is -2.38. The molecular weight excluding hydrogens is 348 g/mol. The number of aryl methyl sites for hydroxylation is 1. The van der Waals surface area contributed by atoms with Gasteiger partial charge in [-0.25, -0.2) is 9.66 Å². The van der Waals surface area contributed by atoms with Crippen molar-refractivity contribution < 1.29 is 9.64 Å². The van der Waals surface area contributed by atoms with Crippen LogP contribution < -0.4 is 21.0 Å². The predicted molar refractivity (Wildman–Crippen MR) is 103 cm³/mol. The summed E-state index contributed by atoms with van der Waals surface area (Å²) in [6.45, 7) is 6.19. The maximum atomic E-state index is 12.8. The average Bonchev–Trinajstić information content (AvgIpc) is 2.97. The first-order valence-electron chi connectivity index (χ1n) is 8.77. The molecule has 0 spiro atoms. The quantitative estimate of drug-likeness (QED) is 0.672. The first-order chi connectivity index (χ1) is 12.5. The van der Waals surface area contributed by atoms with Crippen molar-refractivity contribution >= 4 is 21.6 Å². The van der Waals surface area contributed by atoms with E-state index in [9.17, 15) is 4.79 Å². The highest BCUT2D eigenvalue weighted by Gasteiger charge is 2.25. The molecule has 3 N–H and O–H groups in total. The predicted octanol–water partition coefficient (Wildman–Crippen LogP) is 0.938. The van der Waals surface area contributed by atoms with Crippen molar-refractivity contribution in [3.8, 4) is 5.75 Å². The van der Waals surface area contributed by atoms with E-state index in [0.717, 1.165) is 51.5 Å². The molecule has 0 aliphatic carbocycles. The fourth-order valence-corrected chi connectivity index (χ4v) is 4.78. The number of benzene rings is 1.